The molecule has 0 spiro atoms. The number of para-hydroxylation sites is 1. The maximum Gasteiger partial charge on any atom is 0.305 e. The molecule has 0 bridgehead atoms. The van der Waals surface area contributed by atoms with Gasteiger partial charge in [-0.15, -0.1) is 0 Å². The number of carbonyl (C=O) groups is 2. The summed E-state index contributed by atoms with van der Waals surface area (Å²) in [6.45, 7) is 4.90. The fourth-order valence-electron chi connectivity index (χ4n) is 1.95. The second kappa shape index (κ2) is 8.29. The van der Waals surface area contributed by atoms with Crippen LogP contribution < -0.4 is 4.74 Å². The van der Waals surface area contributed by atoms with Crippen LogP contribution >= 0.6 is 0 Å². The van der Waals surface area contributed by atoms with E-state index in [1.165, 1.54) is 7.11 Å². The second-order valence-electron chi connectivity index (χ2n) is 5.32. The van der Waals surface area contributed by atoms with Crippen molar-refractivity contribution >= 4 is 11.9 Å². The van der Waals surface area contributed by atoms with Gasteiger partial charge in [0.1, 0.15) is 5.75 Å². The number of rotatable bonds is 8. The summed E-state index contributed by atoms with van der Waals surface area (Å²) in [7, 11) is 1.52. The third-order valence-electron chi connectivity index (χ3n) is 3.20. The van der Waals surface area contributed by atoms with E-state index in [1.807, 2.05) is 0 Å². The highest BCUT2D eigenvalue weighted by Gasteiger charge is 2.20. The molecule has 0 aliphatic carbocycles. The molecule has 0 radical (unpaired) electrons. The Bertz CT molecular complexity index is 485. The summed E-state index contributed by atoms with van der Waals surface area (Å²) in [5.74, 6) is -0.137. The lowest BCUT2D eigenvalue weighted by atomic mass is 10.1. The summed E-state index contributed by atoms with van der Waals surface area (Å²) in [4.78, 5) is 25.0. The van der Waals surface area contributed by atoms with Gasteiger partial charge in [0.05, 0.1) is 19.1 Å². The number of nitrogens with zero attached hydrogens (tertiary/aromatic N) is 1. The van der Waals surface area contributed by atoms with Gasteiger partial charge < -0.3 is 14.7 Å². The van der Waals surface area contributed by atoms with E-state index in [0.717, 1.165) is 6.42 Å². The molecular formula is C16H23NO4. The van der Waals surface area contributed by atoms with Crippen LogP contribution in [0.5, 0.6) is 5.75 Å². The molecule has 0 heterocycles. The predicted octanol–water partition coefficient (Wildman–Crippen LogP) is 2.66. The van der Waals surface area contributed by atoms with E-state index in [-0.39, 0.29) is 18.9 Å². The summed E-state index contributed by atoms with van der Waals surface area (Å²) in [5.41, 5.74) is 0.467. The van der Waals surface area contributed by atoms with Gasteiger partial charge in [0.2, 0.25) is 0 Å². The molecule has 21 heavy (non-hydrogen) atoms. The second-order valence-corrected chi connectivity index (χ2v) is 5.32. The van der Waals surface area contributed by atoms with Gasteiger partial charge in [-0.2, -0.15) is 0 Å². The number of benzene rings is 1. The maximum atomic E-state index is 12.6. The van der Waals surface area contributed by atoms with Crippen LogP contribution in [-0.4, -0.2) is 42.1 Å². The van der Waals surface area contributed by atoms with Crippen molar-refractivity contribution in [2.24, 2.45) is 5.92 Å². The van der Waals surface area contributed by atoms with E-state index in [2.05, 4.69) is 13.8 Å². The zero-order valence-corrected chi connectivity index (χ0v) is 12.8. The van der Waals surface area contributed by atoms with Gasteiger partial charge in [-0.1, -0.05) is 26.0 Å². The lowest BCUT2D eigenvalue weighted by Crippen LogP contribution is -2.34. The number of hydrogen-bond acceptors (Lipinski definition) is 3. The van der Waals surface area contributed by atoms with Gasteiger partial charge in [-0.05, 0) is 24.5 Å². The smallest absolute Gasteiger partial charge is 0.305 e. The third-order valence-corrected chi connectivity index (χ3v) is 3.20. The number of ether oxygens (including phenoxy) is 1. The monoisotopic (exact) mass is 293 g/mol. The van der Waals surface area contributed by atoms with E-state index in [1.54, 1.807) is 29.2 Å². The molecule has 0 unspecified atom stereocenters. The molecule has 5 nitrogen and oxygen atoms in total. The van der Waals surface area contributed by atoms with Crippen LogP contribution in [0.1, 0.15) is 37.0 Å². The Morgan fingerprint density at radius 3 is 2.48 bits per heavy atom. The lowest BCUT2D eigenvalue weighted by molar-refractivity contribution is -0.137. The van der Waals surface area contributed by atoms with Crippen LogP contribution in [0.15, 0.2) is 24.3 Å². The number of carbonyl (C=O) groups excluding carboxylic acids is 1. The molecular weight excluding hydrogens is 270 g/mol. The molecule has 5 heteroatoms. The fourth-order valence-corrected chi connectivity index (χ4v) is 1.95. The zero-order chi connectivity index (χ0) is 15.8. The molecule has 1 rings (SSSR count). The topological polar surface area (TPSA) is 66.8 Å². The normalized spacial score (nSPS) is 10.5. The van der Waals surface area contributed by atoms with Gasteiger partial charge in [0.25, 0.3) is 5.91 Å². The Hall–Kier alpha value is -2.04. The Morgan fingerprint density at radius 2 is 1.90 bits per heavy atom. The summed E-state index contributed by atoms with van der Waals surface area (Å²) in [5, 5.41) is 8.83. The number of carboxylic acids is 1. The van der Waals surface area contributed by atoms with E-state index in [9.17, 15) is 9.59 Å². The van der Waals surface area contributed by atoms with Crippen molar-refractivity contribution in [1.82, 2.24) is 4.90 Å². The van der Waals surface area contributed by atoms with Crippen molar-refractivity contribution in [2.45, 2.75) is 26.7 Å². The Balaban J connectivity index is 2.89. The highest BCUT2D eigenvalue weighted by molar-refractivity contribution is 5.97. The molecule has 1 aromatic carbocycles. The summed E-state index contributed by atoms with van der Waals surface area (Å²) in [6, 6.07) is 6.99. The van der Waals surface area contributed by atoms with E-state index < -0.39 is 5.97 Å². The molecule has 0 atom stereocenters. The standard InChI is InChI=1S/C16H23NO4/c1-12(2)8-10-17(11-9-15(18)19)16(20)13-6-4-5-7-14(13)21-3/h4-7,12H,8-11H2,1-3H3,(H,18,19). The molecule has 116 valence electrons. The minimum absolute atomic E-state index is 0.0566. The number of aliphatic carboxylic acids is 1. The predicted molar refractivity (Wildman–Crippen MR) is 80.6 cm³/mol. The average molecular weight is 293 g/mol. The van der Waals surface area contributed by atoms with Crippen molar-refractivity contribution < 1.29 is 19.4 Å². The van der Waals surface area contributed by atoms with Gasteiger partial charge in [0, 0.05) is 13.1 Å². The first-order valence-electron chi connectivity index (χ1n) is 7.09. The van der Waals surface area contributed by atoms with Crippen molar-refractivity contribution in [1.29, 1.82) is 0 Å². The zero-order valence-electron chi connectivity index (χ0n) is 12.8. The summed E-state index contributed by atoms with van der Waals surface area (Å²) >= 11 is 0. The summed E-state index contributed by atoms with van der Waals surface area (Å²) in [6.07, 6.45) is 0.777. The van der Waals surface area contributed by atoms with Crippen molar-refractivity contribution in [2.75, 3.05) is 20.2 Å². The van der Waals surface area contributed by atoms with Crippen molar-refractivity contribution in [3.63, 3.8) is 0 Å². The quantitative estimate of drug-likeness (QED) is 0.800. The molecule has 0 saturated carbocycles. The minimum atomic E-state index is -0.905. The molecule has 1 N–H and O–H groups in total. The van der Waals surface area contributed by atoms with Crippen LogP contribution in [0.2, 0.25) is 0 Å². The molecule has 0 aliphatic rings. The van der Waals surface area contributed by atoms with Gasteiger partial charge in [-0.3, -0.25) is 9.59 Å². The maximum absolute atomic E-state index is 12.6. The van der Waals surface area contributed by atoms with Crippen molar-refractivity contribution in [3.8, 4) is 5.75 Å². The first-order valence-corrected chi connectivity index (χ1v) is 7.09. The van der Waals surface area contributed by atoms with E-state index >= 15 is 0 Å². The molecule has 1 amide bonds. The largest absolute Gasteiger partial charge is 0.496 e. The molecule has 0 aliphatic heterocycles. The van der Waals surface area contributed by atoms with Crippen molar-refractivity contribution in [3.05, 3.63) is 29.8 Å². The first kappa shape index (κ1) is 17.0. The molecule has 0 aromatic heterocycles. The van der Waals surface area contributed by atoms with Crippen LogP contribution in [0.3, 0.4) is 0 Å². The fraction of sp³-hybridized carbons (Fsp3) is 0.500. The average Bonchev–Trinajstić information content (AvgIpc) is 2.46. The van der Waals surface area contributed by atoms with Gasteiger partial charge in [0.15, 0.2) is 0 Å². The van der Waals surface area contributed by atoms with Crippen LogP contribution in [0.4, 0.5) is 0 Å². The van der Waals surface area contributed by atoms with Gasteiger partial charge >= 0.3 is 5.97 Å². The Morgan fingerprint density at radius 1 is 1.24 bits per heavy atom. The highest BCUT2D eigenvalue weighted by Crippen LogP contribution is 2.20. The minimum Gasteiger partial charge on any atom is -0.496 e. The molecule has 0 fully saturated rings. The lowest BCUT2D eigenvalue weighted by Gasteiger charge is -2.23. The number of methoxy groups -OCH3 is 1. The third kappa shape index (κ3) is 5.45. The first-order chi connectivity index (χ1) is 9.95. The Labute approximate surface area is 125 Å². The Kier molecular flexibility index (Phi) is 6.72. The molecule has 1 aromatic rings. The number of carboxylic acid groups (broad SMARTS) is 1. The molecule has 0 saturated heterocycles. The van der Waals surface area contributed by atoms with E-state index in [0.29, 0.717) is 23.8 Å². The number of amides is 1. The highest BCUT2D eigenvalue weighted by atomic mass is 16.5. The summed E-state index contributed by atoms with van der Waals surface area (Å²) < 4.78 is 5.20. The number of hydrogen-bond donors (Lipinski definition) is 1. The van der Waals surface area contributed by atoms with E-state index in [4.69, 9.17) is 9.84 Å². The SMILES string of the molecule is COc1ccccc1C(=O)N(CCC(=O)O)CCC(C)C. The van der Waals surface area contributed by atoms with Crippen LogP contribution in [-0.2, 0) is 4.79 Å². The van der Waals surface area contributed by atoms with Gasteiger partial charge in [-0.25, -0.2) is 0 Å². The van der Waals surface area contributed by atoms with Crippen LogP contribution in [0, 0.1) is 5.92 Å². The van der Waals surface area contributed by atoms with Crippen LogP contribution in [0.25, 0.3) is 0 Å².